The van der Waals surface area contributed by atoms with Crippen molar-refractivity contribution in [1.82, 2.24) is 5.32 Å². The van der Waals surface area contributed by atoms with Gasteiger partial charge in [-0.25, -0.2) is 0 Å². The van der Waals surface area contributed by atoms with Crippen molar-refractivity contribution in [2.24, 2.45) is 0 Å². The Morgan fingerprint density at radius 1 is 1.53 bits per heavy atom. The van der Waals surface area contributed by atoms with Crippen molar-refractivity contribution in [3.63, 3.8) is 0 Å². The third-order valence-corrected chi connectivity index (χ3v) is 2.39. The van der Waals surface area contributed by atoms with Crippen molar-refractivity contribution in [3.05, 3.63) is 22.6 Å². The maximum absolute atomic E-state index is 11.5. The third kappa shape index (κ3) is 4.58. The van der Waals surface area contributed by atoms with Crippen LogP contribution < -0.4 is 5.32 Å². The second kappa shape index (κ2) is 5.33. The van der Waals surface area contributed by atoms with Crippen LogP contribution >= 0.6 is 15.9 Å². The zero-order valence-corrected chi connectivity index (χ0v) is 10.7. The van der Waals surface area contributed by atoms with Gasteiger partial charge in [-0.2, -0.15) is 0 Å². The molecule has 0 bridgehead atoms. The van der Waals surface area contributed by atoms with Crippen molar-refractivity contribution in [3.8, 4) is 0 Å². The molecule has 0 aromatic carbocycles. The highest BCUT2D eigenvalue weighted by atomic mass is 79.9. The lowest BCUT2D eigenvalue weighted by molar-refractivity contribution is -0.141. The molecule has 3 N–H and O–H groups in total. The second-order valence-electron chi connectivity index (χ2n) is 3.85. The molecule has 1 unspecified atom stereocenters. The fourth-order valence-corrected chi connectivity index (χ4v) is 1.49. The zero-order valence-electron chi connectivity index (χ0n) is 9.07. The Kier molecular flexibility index (Phi) is 4.30. The van der Waals surface area contributed by atoms with Gasteiger partial charge < -0.3 is 19.9 Å². The van der Waals surface area contributed by atoms with Crippen LogP contribution in [-0.2, 0) is 4.79 Å². The summed E-state index contributed by atoms with van der Waals surface area (Å²) in [6, 6.07) is 3.02. The molecule has 0 aliphatic rings. The Hall–Kier alpha value is -1.34. The number of carboxylic acids is 1. The summed E-state index contributed by atoms with van der Waals surface area (Å²) < 4.78 is 5.41. The molecule has 0 aliphatic heterocycles. The van der Waals surface area contributed by atoms with Gasteiger partial charge in [0.15, 0.2) is 10.4 Å². The Balaban J connectivity index is 2.51. The van der Waals surface area contributed by atoms with Crippen LogP contribution in [0.3, 0.4) is 0 Å². The summed E-state index contributed by atoms with van der Waals surface area (Å²) in [5.41, 5.74) is -1.49. The van der Waals surface area contributed by atoms with E-state index < -0.39 is 23.9 Å². The first-order valence-electron chi connectivity index (χ1n) is 4.78. The highest BCUT2D eigenvalue weighted by Gasteiger charge is 2.25. The first-order valence-corrected chi connectivity index (χ1v) is 5.57. The van der Waals surface area contributed by atoms with E-state index in [0.717, 1.165) is 0 Å². The number of carboxylic acid groups (broad SMARTS) is 1. The number of carbonyl (C=O) groups excluding carboxylic acids is 1. The van der Waals surface area contributed by atoms with Crippen molar-refractivity contribution in [2.45, 2.75) is 18.9 Å². The molecule has 1 aromatic rings. The van der Waals surface area contributed by atoms with E-state index >= 15 is 0 Å². The molecule has 0 saturated carbocycles. The van der Waals surface area contributed by atoms with Crippen LogP contribution in [0.25, 0.3) is 0 Å². The number of furan rings is 1. The van der Waals surface area contributed by atoms with Gasteiger partial charge in [0.25, 0.3) is 5.91 Å². The molecule has 0 radical (unpaired) electrons. The Labute approximate surface area is 106 Å². The van der Waals surface area contributed by atoms with E-state index in [4.69, 9.17) is 9.52 Å². The first-order chi connectivity index (χ1) is 7.80. The molecule has 1 heterocycles. The zero-order chi connectivity index (χ0) is 13.1. The number of amides is 1. The summed E-state index contributed by atoms with van der Waals surface area (Å²) in [5.74, 6) is -1.56. The number of aliphatic carboxylic acids is 1. The van der Waals surface area contributed by atoms with Gasteiger partial charge in [0, 0.05) is 6.54 Å². The molecule has 1 atom stereocenters. The Morgan fingerprint density at radius 2 is 2.18 bits per heavy atom. The van der Waals surface area contributed by atoms with Crippen LogP contribution in [0.5, 0.6) is 0 Å². The van der Waals surface area contributed by atoms with Gasteiger partial charge in [-0.15, -0.1) is 0 Å². The van der Waals surface area contributed by atoms with Gasteiger partial charge in [-0.1, -0.05) is 0 Å². The van der Waals surface area contributed by atoms with Gasteiger partial charge in [-0.05, 0) is 35.0 Å². The normalized spacial score (nSPS) is 14.1. The molecular formula is C10H12BrNO5. The summed E-state index contributed by atoms with van der Waals surface area (Å²) in [6.45, 7) is 1.16. The predicted octanol–water partition coefficient (Wildman–Crippen LogP) is 0.998. The van der Waals surface area contributed by atoms with E-state index in [9.17, 15) is 14.7 Å². The van der Waals surface area contributed by atoms with Crippen LogP contribution in [0, 0.1) is 0 Å². The number of halogens is 1. The monoisotopic (exact) mass is 305 g/mol. The number of nitrogens with one attached hydrogen (secondary N) is 1. The highest BCUT2D eigenvalue weighted by molar-refractivity contribution is 9.10. The maximum atomic E-state index is 11.5. The minimum absolute atomic E-state index is 0.0861. The molecule has 1 rings (SSSR count). The lowest BCUT2D eigenvalue weighted by Crippen LogP contribution is -2.42. The van der Waals surface area contributed by atoms with Crippen molar-refractivity contribution >= 4 is 27.8 Å². The minimum atomic E-state index is -1.49. The number of hydrogen-bond acceptors (Lipinski definition) is 4. The molecule has 0 saturated heterocycles. The van der Waals surface area contributed by atoms with E-state index in [1.54, 1.807) is 6.07 Å². The lowest BCUT2D eigenvalue weighted by atomic mass is 10.0. The van der Waals surface area contributed by atoms with Crippen LogP contribution in [0.4, 0.5) is 0 Å². The predicted molar refractivity (Wildman–Crippen MR) is 61.6 cm³/mol. The lowest BCUT2D eigenvalue weighted by Gasteiger charge is -2.20. The van der Waals surface area contributed by atoms with Gasteiger partial charge in [-0.3, -0.25) is 9.59 Å². The maximum Gasteiger partial charge on any atom is 0.306 e. The Bertz CT molecular complexity index is 426. The molecule has 0 spiro atoms. The van der Waals surface area contributed by atoms with Gasteiger partial charge in [0.1, 0.15) is 0 Å². The summed E-state index contributed by atoms with van der Waals surface area (Å²) >= 11 is 3.05. The molecule has 7 heteroatoms. The second-order valence-corrected chi connectivity index (χ2v) is 4.64. The van der Waals surface area contributed by atoms with Crippen LogP contribution in [0.15, 0.2) is 21.2 Å². The van der Waals surface area contributed by atoms with Gasteiger partial charge in [0.05, 0.1) is 12.0 Å². The molecule has 0 aliphatic carbocycles. The fourth-order valence-electron chi connectivity index (χ4n) is 1.18. The molecule has 17 heavy (non-hydrogen) atoms. The SMILES string of the molecule is CC(O)(CNC(=O)c1ccc(Br)o1)CC(=O)O. The van der Waals surface area contributed by atoms with E-state index in [-0.39, 0.29) is 12.3 Å². The molecule has 94 valence electrons. The number of hydrogen-bond donors (Lipinski definition) is 3. The molecule has 1 aromatic heterocycles. The molecule has 1 amide bonds. The van der Waals surface area contributed by atoms with Crippen LogP contribution in [-0.4, -0.2) is 34.2 Å². The van der Waals surface area contributed by atoms with E-state index in [1.807, 2.05) is 0 Å². The fraction of sp³-hybridized carbons (Fsp3) is 0.400. The summed E-state index contributed by atoms with van der Waals surface area (Å²) in [5, 5.41) is 20.6. The minimum Gasteiger partial charge on any atom is -0.481 e. The van der Waals surface area contributed by atoms with Crippen molar-refractivity contribution < 1.29 is 24.2 Å². The molecule has 6 nitrogen and oxygen atoms in total. The van der Waals surface area contributed by atoms with Gasteiger partial charge >= 0.3 is 5.97 Å². The number of aliphatic hydroxyl groups is 1. The topological polar surface area (TPSA) is 99.8 Å². The quantitative estimate of drug-likeness (QED) is 0.753. The average molecular weight is 306 g/mol. The molecule has 0 fully saturated rings. The average Bonchev–Trinajstić information content (AvgIpc) is 2.59. The van der Waals surface area contributed by atoms with Gasteiger partial charge in [0.2, 0.25) is 0 Å². The van der Waals surface area contributed by atoms with Crippen molar-refractivity contribution in [1.29, 1.82) is 0 Å². The van der Waals surface area contributed by atoms with Crippen LogP contribution in [0.2, 0.25) is 0 Å². The summed E-state index contributed by atoms with van der Waals surface area (Å²) in [4.78, 5) is 21.9. The molecular weight excluding hydrogens is 294 g/mol. The third-order valence-electron chi connectivity index (χ3n) is 1.96. The Morgan fingerprint density at radius 3 is 2.65 bits per heavy atom. The standard InChI is InChI=1S/C10H12BrNO5/c1-10(16,4-8(13)14)5-12-9(15)6-2-3-7(11)17-6/h2-3,16H,4-5H2,1H3,(H,12,15)(H,13,14). The van der Waals surface area contributed by atoms with Crippen molar-refractivity contribution in [2.75, 3.05) is 6.54 Å². The van der Waals surface area contributed by atoms with Crippen LogP contribution in [0.1, 0.15) is 23.9 Å². The smallest absolute Gasteiger partial charge is 0.306 e. The largest absolute Gasteiger partial charge is 0.481 e. The van der Waals surface area contributed by atoms with E-state index in [1.165, 1.54) is 13.0 Å². The highest BCUT2D eigenvalue weighted by Crippen LogP contribution is 2.14. The van der Waals surface area contributed by atoms with E-state index in [0.29, 0.717) is 4.67 Å². The number of carbonyl (C=O) groups is 2. The summed E-state index contributed by atoms with van der Waals surface area (Å²) in [7, 11) is 0. The number of rotatable bonds is 5. The summed E-state index contributed by atoms with van der Waals surface area (Å²) in [6.07, 6.45) is -0.449. The first kappa shape index (κ1) is 13.7. The van der Waals surface area contributed by atoms with E-state index in [2.05, 4.69) is 21.2 Å².